The van der Waals surface area contributed by atoms with E-state index >= 15 is 0 Å². The molecule has 0 aromatic heterocycles. The standard InChI is InChI=1S/C24H32FN.C2H3N/c1-2-26(19-21-9-4-3-5-10-21)18-8-11-20-14-16-22(17-15-20)23-12-6-7-13-24(23)25;1-2-3/h3-5,9-10,14-17,23-24H,2,6-8,11-13,18-19H2,1H3;1H3. The van der Waals surface area contributed by atoms with Crippen molar-refractivity contribution in [2.45, 2.75) is 71.0 Å². The fraction of sp³-hybridized carbons (Fsp3) is 0.500. The van der Waals surface area contributed by atoms with Crippen molar-refractivity contribution >= 4 is 0 Å². The van der Waals surface area contributed by atoms with Crippen LogP contribution < -0.4 is 0 Å². The van der Waals surface area contributed by atoms with E-state index in [-0.39, 0.29) is 5.92 Å². The smallest absolute Gasteiger partial charge is 0.107 e. The molecule has 1 aliphatic carbocycles. The number of halogens is 1. The van der Waals surface area contributed by atoms with Crippen molar-refractivity contribution in [1.82, 2.24) is 4.90 Å². The first kappa shape index (κ1) is 23.1. The molecular weight excluding hydrogens is 359 g/mol. The molecule has 0 saturated heterocycles. The van der Waals surface area contributed by atoms with Gasteiger partial charge in [0.05, 0.1) is 6.07 Å². The van der Waals surface area contributed by atoms with Gasteiger partial charge in [-0.1, -0.05) is 74.4 Å². The molecule has 156 valence electrons. The predicted molar refractivity (Wildman–Crippen MR) is 120 cm³/mol. The Hall–Kier alpha value is -2.18. The number of nitriles is 1. The van der Waals surface area contributed by atoms with Crippen LogP contribution in [0.15, 0.2) is 54.6 Å². The van der Waals surface area contributed by atoms with E-state index in [9.17, 15) is 4.39 Å². The van der Waals surface area contributed by atoms with Crippen LogP contribution >= 0.6 is 0 Å². The second kappa shape index (κ2) is 13.1. The fourth-order valence-corrected chi connectivity index (χ4v) is 4.09. The normalized spacial score (nSPS) is 18.6. The summed E-state index contributed by atoms with van der Waals surface area (Å²) < 4.78 is 14.1. The molecule has 2 aromatic carbocycles. The maximum atomic E-state index is 14.1. The van der Waals surface area contributed by atoms with E-state index in [1.54, 1.807) is 6.07 Å². The lowest BCUT2D eigenvalue weighted by Crippen LogP contribution is -2.24. The topological polar surface area (TPSA) is 27.0 Å². The molecule has 0 amide bonds. The summed E-state index contributed by atoms with van der Waals surface area (Å²) in [7, 11) is 0. The van der Waals surface area contributed by atoms with Gasteiger partial charge in [0.25, 0.3) is 0 Å². The van der Waals surface area contributed by atoms with Crippen LogP contribution in [0.5, 0.6) is 0 Å². The van der Waals surface area contributed by atoms with Crippen molar-refractivity contribution in [3.63, 3.8) is 0 Å². The van der Waals surface area contributed by atoms with Gasteiger partial charge in [-0.2, -0.15) is 5.26 Å². The summed E-state index contributed by atoms with van der Waals surface area (Å²) in [6, 6.07) is 21.2. The van der Waals surface area contributed by atoms with Gasteiger partial charge in [0.15, 0.2) is 0 Å². The zero-order valence-corrected chi connectivity index (χ0v) is 18.0. The molecule has 0 N–H and O–H groups in total. The van der Waals surface area contributed by atoms with E-state index in [4.69, 9.17) is 5.26 Å². The molecule has 29 heavy (non-hydrogen) atoms. The first-order chi connectivity index (χ1) is 14.2. The van der Waals surface area contributed by atoms with Crippen LogP contribution in [0.25, 0.3) is 0 Å². The van der Waals surface area contributed by atoms with Crippen molar-refractivity contribution in [3.8, 4) is 6.07 Å². The Balaban J connectivity index is 0.000000941. The van der Waals surface area contributed by atoms with Crippen molar-refractivity contribution in [1.29, 1.82) is 5.26 Å². The van der Waals surface area contributed by atoms with Crippen molar-refractivity contribution < 1.29 is 4.39 Å². The number of alkyl halides is 1. The number of benzene rings is 2. The van der Waals surface area contributed by atoms with E-state index in [0.717, 1.165) is 51.7 Å². The second-order valence-electron chi connectivity index (χ2n) is 7.83. The van der Waals surface area contributed by atoms with Crippen LogP contribution in [0.4, 0.5) is 4.39 Å². The number of aryl methyl sites for hydroxylation is 1. The summed E-state index contributed by atoms with van der Waals surface area (Å²) >= 11 is 0. The Morgan fingerprint density at radius 2 is 1.66 bits per heavy atom. The number of hydrogen-bond acceptors (Lipinski definition) is 2. The van der Waals surface area contributed by atoms with E-state index in [0.29, 0.717) is 0 Å². The maximum Gasteiger partial charge on any atom is 0.107 e. The summed E-state index contributed by atoms with van der Waals surface area (Å²) in [5.41, 5.74) is 3.95. The van der Waals surface area contributed by atoms with Gasteiger partial charge in [-0.3, -0.25) is 4.90 Å². The van der Waals surface area contributed by atoms with Crippen LogP contribution in [-0.2, 0) is 13.0 Å². The fourth-order valence-electron chi connectivity index (χ4n) is 4.09. The minimum Gasteiger partial charge on any atom is -0.299 e. The van der Waals surface area contributed by atoms with Gasteiger partial charge >= 0.3 is 0 Å². The van der Waals surface area contributed by atoms with Crippen LogP contribution in [-0.4, -0.2) is 24.2 Å². The molecule has 1 aliphatic rings. The molecule has 2 nitrogen and oxygen atoms in total. The number of rotatable bonds is 8. The Kier molecular flexibility index (Phi) is 10.5. The van der Waals surface area contributed by atoms with Crippen molar-refractivity contribution in [2.24, 2.45) is 0 Å². The molecular formula is C26H35FN2. The van der Waals surface area contributed by atoms with Crippen LogP contribution in [0.2, 0.25) is 0 Å². The minimum atomic E-state index is -0.648. The summed E-state index contributed by atoms with van der Waals surface area (Å²) in [6.45, 7) is 6.88. The summed E-state index contributed by atoms with van der Waals surface area (Å²) in [6.07, 6.45) is 5.57. The lowest BCUT2D eigenvalue weighted by atomic mass is 9.82. The first-order valence-corrected chi connectivity index (χ1v) is 11.0. The molecule has 2 atom stereocenters. The molecule has 1 saturated carbocycles. The third-order valence-electron chi connectivity index (χ3n) is 5.73. The third-order valence-corrected chi connectivity index (χ3v) is 5.73. The average molecular weight is 395 g/mol. The van der Waals surface area contributed by atoms with E-state index in [2.05, 4.69) is 66.4 Å². The molecule has 3 heteroatoms. The molecule has 0 radical (unpaired) electrons. The number of hydrogen-bond donors (Lipinski definition) is 0. The maximum absolute atomic E-state index is 14.1. The molecule has 0 bridgehead atoms. The highest BCUT2D eigenvalue weighted by molar-refractivity contribution is 5.26. The van der Waals surface area contributed by atoms with Crippen LogP contribution in [0.3, 0.4) is 0 Å². The highest BCUT2D eigenvalue weighted by Crippen LogP contribution is 2.35. The van der Waals surface area contributed by atoms with Crippen LogP contribution in [0, 0.1) is 11.3 Å². The average Bonchev–Trinajstić information content (AvgIpc) is 2.75. The summed E-state index contributed by atoms with van der Waals surface area (Å²) in [4.78, 5) is 2.50. The second-order valence-corrected chi connectivity index (χ2v) is 7.83. The zero-order valence-electron chi connectivity index (χ0n) is 18.0. The van der Waals surface area contributed by atoms with Gasteiger partial charge in [-0.25, -0.2) is 4.39 Å². The molecule has 0 aliphatic heterocycles. The lowest BCUT2D eigenvalue weighted by Gasteiger charge is -2.26. The third kappa shape index (κ3) is 7.99. The molecule has 2 aromatic rings. The van der Waals surface area contributed by atoms with Gasteiger partial charge in [-0.05, 0) is 55.5 Å². The molecule has 0 spiro atoms. The van der Waals surface area contributed by atoms with E-state index in [1.807, 2.05) is 0 Å². The zero-order chi connectivity index (χ0) is 20.9. The van der Waals surface area contributed by atoms with Gasteiger partial charge in [0.1, 0.15) is 6.17 Å². The Bertz CT molecular complexity index is 721. The molecule has 0 heterocycles. The van der Waals surface area contributed by atoms with E-state index < -0.39 is 6.17 Å². The quantitative estimate of drug-likeness (QED) is 0.500. The Morgan fingerprint density at radius 1 is 1.00 bits per heavy atom. The summed E-state index contributed by atoms with van der Waals surface area (Å²) in [5, 5.41) is 7.32. The molecule has 1 fully saturated rings. The predicted octanol–water partition coefficient (Wildman–Crippen LogP) is 6.67. The van der Waals surface area contributed by atoms with E-state index in [1.165, 1.54) is 30.0 Å². The monoisotopic (exact) mass is 394 g/mol. The lowest BCUT2D eigenvalue weighted by molar-refractivity contribution is 0.216. The minimum absolute atomic E-state index is 0.124. The highest BCUT2D eigenvalue weighted by Gasteiger charge is 2.25. The Labute approximate surface area is 176 Å². The van der Waals surface area contributed by atoms with Crippen LogP contribution in [0.1, 0.15) is 68.6 Å². The molecule has 3 rings (SSSR count). The SMILES string of the molecule is CC#N.CCN(CCCc1ccc(C2CCCCC2F)cc1)Cc1ccccc1. The summed E-state index contributed by atoms with van der Waals surface area (Å²) in [5.74, 6) is 0.124. The van der Waals surface area contributed by atoms with Crippen molar-refractivity contribution in [2.75, 3.05) is 13.1 Å². The number of nitrogens with zero attached hydrogens (tertiary/aromatic N) is 2. The largest absolute Gasteiger partial charge is 0.299 e. The Morgan fingerprint density at radius 3 is 2.28 bits per heavy atom. The van der Waals surface area contributed by atoms with Gasteiger partial charge in [0, 0.05) is 19.4 Å². The van der Waals surface area contributed by atoms with Gasteiger partial charge in [-0.15, -0.1) is 0 Å². The molecule has 2 unspecified atom stereocenters. The first-order valence-electron chi connectivity index (χ1n) is 11.0. The van der Waals surface area contributed by atoms with Gasteiger partial charge < -0.3 is 0 Å². The van der Waals surface area contributed by atoms with Crippen molar-refractivity contribution in [3.05, 3.63) is 71.3 Å². The highest BCUT2D eigenvalue weighted by atomic mass is 19.1. The van der Waals surface area contributed by atoms with Gasteiger partial charge in [0.2, 0.25) is 0 Å².